The molecular weight excluding hydrogens is 503 g/mol. The number of carbonyl (C=O) groups excluding carboxylic acids is 3. The van der Waals surface area contributed by atoms with Crippen LogP contribution in [0.3, 0.4) is 0 Å². The number of ether oxygens (including phenoxy) is 2. The molecule has 1 aromatic rings. The number of aliphatic hydroxyl groups excluding tert-OH is 1. The number of allylic oxidation sites excluding steroid dienone is 5. The first-order valence-corrected chi connectivity index (χ1v) is 13.4. The van der Waals surface area contributed by atoms with Gasteiger partial charge in [0.2, 0.25) is 5.78 Å². The van der Waals surface area contributed by atoms with Crippen LogP contribution in [-0.2, 0) is 19.1 Å². The summed E-state index contributed by atoms with van der Waals surface area (Å²) >= 11 is 0. The van der Waals surface area contributed by atoms with E-state index in [0.29, 0.717) is 17.6 Å². The number of ketones is 1. The minimum atomic E-state index is -2.09. The number of halogens is 1. The Bertz CT molecular complexity index is 1300. The number of fused-ring (bicyclic) bond motifs is 5. The van der Waals surface area contributed by atoms with E-state index in [4.69, 9.17) is 9.47 Å². The van der Waals surface area contributed by atoms with Crippen LogP contribution in [0.4, 0.5) is 4.39 Å². The minimum absolute atomic E-state index is 0.131. The van der Waals surface area contributed by atoms with Crippen molar-refractivity contribution in [1.82, 2.24) is 0 Å². The maximum absolute atomic E-state index is 17.5. The van der Waals surface area contributed by atoms with Crippen molar-refractivity contribution in [1.29, 1.82) is 0 Å². The van der Waals surface area contributed by atoms with Crippen molar-refractivity contribution in [2.75, 3.05) is 6.61 Å². The second-order valence-electron chi connectivity index (χ2n) is 12.0. The molecule has 0 unspecified atom stereocenters. The van der Waals surface area contributed by atoms with Crippen LogP contribution in [0.2, 0.25) is 0 Å². The molecule has 5 rings (SSSR count). The van der Waals surface area contributed by atoms with Gasteiger partial charge in [0, 0.05) is 23.7 Å². The number of hydrogen-bond donors (Lipinski definition) is 2. The normalized spacial score (nSPS) is 40.4. The number of benzene rings is 1. The van der Waals surface area contributed by atoms with Crippen LogP contribution < -0.4 is 0 Å². The Morgan fingerprint density at radius 2 is 1.82 bits per heavy atom. The molecule has 0 aromatic heterocycles. The lowest BCUT2D eigenvalue weighted by atomic mass is 9.45. The lowest BCUT2D eigenvalue weighted by Gasteiger charge is -2.61. The highest BCUT2D eigenvalue weighted by atomic mass is 19.1. The summed E-state index contributed by atoms with van der Waals surface area (Å²) in [7, 11) is 0. The number of alkyl halides is 1. The Balaban J connectivity index is 1.47. The zero-order valence-electron chi connectivity index (χ0n) is 22.6. The predicted molar refractivity (Wildman–Crippen MR) is 140 cm³/mol. The zero-order valence-corrected chi connectivity index (χ0v) is 22.6. The zero-order chi connectivity index (χ0) is 28.4. The molecule has 0 saturated heterocycles. The van der Waals surface area contributed by atoms with Crippen LogP contribution in [0.15, 0.2) is 66.0 Å². The molecule has 8 heteroatoms. The van der Waals surface area contributed by atoms with Gasteiger partial charge in [-0.1, -0.05) is 44.2 Å². The van der Waals surface area contributed by atoms with Gasteiger partial charge in [-0.25, -0.2) is 9.18 Å². The first kappa shape index (κ1) is 27.5. The van der Waals surface area contributed by atoms with Gasteiger partial charge >= 0.3 is 11.9 Å². The van der Waals surface area contributed by atoms with E-state index in [9.17, 15) is 24.6 Å². The van der Waals surface area contributed by atoms with Crippen molar-refractivity contribution in [3.05, 3.63) is 71.5 Å². The molecule has 0 amide bonds. The van der Waals surface area contributed by atoms with Crippen LogP contribution in [0.5, 0.6) is 0 Å². The second-order valence-corrected chi connectivity index (χ2v) is 12.0. The molecule has 0 bridgehead atoms. The summed E-state index contributed by atoms with van der Waals surface area (Å²) < 4.78 is 28.0. The molecule has 0 heterocycles. The van der Waals surface area contributed by atoms with Crippen LogP contribution in [0, 0.1) is 28.6 Å². The lowest BCUT2D eigenvalue weighted by molar-refractivity contribution is -0.214. The number of Topliss-reactive ketones (excluding diaryl/α,β-unsaturated/α-hetero) is 1. The van der Waals surface area contributed by atoms with E-state index in [1.807, 2.05) is 6.08 Å². The monoisotopic (exact) mass is 538 g/mol. The largest absolute Gasteiger partial charge is 0.458 e. The third-order valence-corrected chi connectivity index (χ3v) is 10.1. The molecule has 2 N–H and O–H groups in total. The summed E-state index contributed by atoms with van der Waals surface area (Å²) in [5.74, 6) is -3.10. The first-order valence-electron chi connectivity index (χ1n) is 13.4. The lowest BCUT2D eigenvalue weighted by Crippen LogP contribution is -2.69. The molecule has 7 nitrogen and oxygen atoms in total. The Morgan fingerprint density at radius 1 is 1.13 bits per heavy atom. The molecule has 8 atom stereocenters. The van der Waals surface area contributed by atoms with Gasteiger partial charge in [-0.2, -0.15) is 0 Å². The first-order chi connectivity index (χ1) is 18.3. The summed E-state index contributed by atoms with van der Waals surface area (Å²) in [4.78, 5) is 37.1. The fourth-order valence-corrected chi connectivity index (χ4v) is 7.97. The van der Waals surface area contributed by atoms with Crippen molar-refractivity contribution < 1.29 is 38.5 Å². The minimum Gasteiger partial charge on any atom is -0.458 e. The van der Waals surface area contributed by atoms with Gasteiger partial charge in [-0.3, -0.25) is 9.59 Å². The molecule has 2 saturated carbocycles. The van der Waals surface area contributed by atoms with Gasteiger partial charge < -0.3 is 19.7 Å². The Labute approximate surface area is 227 Å². The third kappa shape index (κ3) is 3.79. The number of rotatable bonds is 5. The molecule has 0 aliphatic heterocycles. The van der Waals surface area contributed by atoms with Crippen molar-refractivity contribution in [2.45, 2.75) is 64.3 Å². The maximum atomic E-state index is 17.5. The molecular formula is C31H35FO7. The standard InChI is InChI=1S/C31H35FO7/c1-18-14-24-23-11-10-21-15-22(39-27(36)20-8-6-5-7-9-20)12-13-28(21,3)30(23,32)25(34)16-29(24,4)31(18,37)26(35)17-38-19(2)33/h5-10,12-13,15,18,23-25,34,37H,11,14,16-17H2,1-4H3/t18-,23-,24-,25-,28-,29-,30-,31-/m0/s1. The highest BCUT2D eigenvalue weighted by Gasteiger charge is 2.75. The highest BCUT2D eigenvalue weighted by molar-refractivity contribution is 5.91. The Kier molecular flexibility index (Phi) is 6.50. The number of aliphatic hydroxyl groups is 2. The van der Waals surface area contributed by atoms with Crippen molar-refractivity contribution in [3.8, 4) is 0 Å². The van der Waals surface area contributed by atoms with Crippen LogP contribution in [0.1, 0.15) is 57.3 Å². The summed E-state index contributed by atoms with van der Waals surface area (Å²) in [6.07, 6.45) is 5.83. The van der Waals surface area contributed by atoms with Crippen molar-refractivity contribution in [2.24, 2.45) is 28.6 Å². The molecule has 0 spiro atoms. The fourth-order valence-electron chi connectivity index (χ4n) is 7.97. The third-order valence-electron chi connectivity index (χ3n) is 10.1. The summed E-state index contributed by atoms with van der Waals surface area (Å²) in [5.41, 5.74) is -5.29. The molecule has 208 valence electrons. The molecule has 0 radical (unpaired) electrons. The quantitative estimate of drug-likeness (QED) is 0.540. The van der Waals surface area contributed by atoms with E-state index in [0.717, 1.165) is 0 Å². The van der Waals surface area contributed by atoms with Crippen molar-refractivity contribution in [3.63, 3.8) is 0 Å². The molecule has 4 aliphatic rings. The van der Waals surface area contributed by atoms with Gasteiger partial charge in [0.25, 0.3) is 0 Å². The van der Waals surface area contributed by atoms with Crippen LogP contribution in [0.25, 0.3) is 0 Å². The SMILES string of the molecule is CC(=O)OCC(=O)[C@@]1(O)[C@@H](C)C[C@H]2[C@@H]3CC=C4C=C(OC(=O)c5ccccc5)C=C[C@]4(C)[C@@]3(F)[C@@H](O)C[C@@]21C. The van der Waals surface area contributed by atoms with Gasteiger partial charge in [0.1, 0.15) is 11.4 Å². The smallest absolute Gasteiger partial charge is 0.343 e. The summed E-state index contributed by atoms with van der Waals surface area (Å²) in [6, 6.07) is 8.58. The molecule has 4 aliphatic carbocycles. The van der Waals surface area contributed by atoms with Crippen LogP contribution >= 0.6 is 0 Å². The van der Waals surface area contributed by atoms with Crippen molar-refractivity contribution >= 4 is 17.7 Å². The average Bonchev–Trinajstić information content (AvgIpc) is 3.10. The Morgan fingerprint density at radius 3 is 2.49 bits per heavy atom. The fraction of sp³-hybridized carbons (Fsp3) is 0.516. The van der Waals surface area contributed by atoms with E-state index >= 15 is 4.39 Å². The number of hydrogen-bond acceptors (Lipinski definition) is 7. The molecule has 1 aromatic carbocycles. The number of carbonyl (C=O) groups is 3. The average molecular weight is 539 g/mol. The molecule has 2 fully saturated rings. The maximum Gasteiger partial charge on any atom is 0.343 e. The second kappa shape index (κ2) is 9.24. The van der Waals surface area contributed by atoms with E-state index in [2.05, 4.69) is 0 Å². The topological polar surface area (TPSA) is 110 Å². The Hall–Kier alpha value is -3.10. The number of esters is 2. The predicted octanol–water partition coefficient (Wildman–Crippen LogP) is 4.25. The van der Waals surface area contributed by atoms with E-state index in [1.54, 1.807) is 69.3 Å². The van der Waals surface area contributed by atoms with Crippen LogP contribution in [-0.4, -0.2) is 51.9 Å². The van der Waals surface area contributed by atoms with E-state index in [-0.39, 0.29) is 18.6 Å². The molecule has 39 heavy (non-hydrogen) atoms. The van der Waals surface area contributed by atoms with Gasteiger partial charge in [0.05, 0.1) is 11.7 Å². The summed E-state index contributed by atoms with van der Waals surface area (Å²) in [6.45, 7) is 5.85. The highest BCUT2D eigenvalue weighted by Crippen LogP contribution is 2.70. The van der Waals surface area contributed by atoms with Gasteiger partial charge in [0.15, 0.2) is 12.3 Å². The van der Waals surface area contributed by atoms with Gasteiger partial charge in [-0.05, 0) is 67.9 Å². The van der Waals surface area contributed by atoms with E-state index in [1.165, 1.54) is 6.92 Å². The van der Waals surface area contributed by atoms with E-state index < -0.39 is 70.3 Å². The van der Waals surface area contributed by atoms with Gasteiger partial charge in [-0.15, -0.1) is 0 Å². The summed E-state index contributed by atoms with van der Waals surface area (Å²) in [5, 5.41) is 23.3.